The van der Waals surface area contributed by atoms with Gasteiger partial charge < -0.3 is 15.0 Å². The van der Waals surface area contributed by atoms with E-state index in [-0.39, 0.29) is 11.9 Å². The minimum absolute atomic E-state index is 0.133. The molecule has 1 amide bonds. The third kappa shape index (κ3) is 4.00. The van der Waals surface area contributed by atoms with Gasteiger partial charge in [-0.15, -0.1) is 11.3 Å². The predicted molar refractivity (Wildman–Crippen MR) is 91.1 cm³/mol. The number of amides is 1. The molecule has 0 radical (unpaired) electrons. The molecule has 22 heavy (non-hydrogen) atoms. The number of nitrogens with one attached hydrogen (secondary N) is 1. The van der Waals surface area contributed by atoms with Crippen LogP contribution in [0.5, 0.6) is 5.75 Å². The number of carbonyl (C=O) groups is 1. The minimum Gasteiger partial charge on any atom is -0.496 e. The molecule has 1 N–H and O–H groups in total. The molecular weight excluding hydrogens is 320 g/mol. The Morgan fingerprint density at radius 3 is 2.77 bits per heavy atom. The Balaban J connectivity index is 2.10. The van der Waals surface area contributed by atoms with Crippen LogP contribution < -0.4 is 10.1 Å². The highest BCUT2D eigenvalue weighted by Crippen LogP contribution is 2.24. The smallest absolute Gasteiger partial charge is 0.255 e. The van der Waals surface area contributed by atoms with Gasteiger partial charge in [0, 0.05) is 16.4 Å². The number of halogens is 1. The summed E-state index contributed by atoms with van der Waals surface area (Å²) in [4.78, 5) is 15.7. The van der Waals surface area contributed by atoms with E-state index in [1.54, 1.807) is 29.5 Å². The Hall–Kier alpha value is -1.56. The standard InChI is InChI=1S/C16H19ClN2O2S/c1-19(2)13(15-5-4-8-22-15)10-18-16(20)12-9-11(17)6-7-14(12)21-3/h4-9,13H,10H2,1-3H3,(H,18,20)/t13-/m1/s1. The van der Waals surface area contributed by atoms with E-state index in [2.05, 4.69) is 16.3 Å². The Kier molecular flexibility index (Phi) is 5.83. The number of nitrogens with zero attached hydrogens (tertiary/aromatic N) is 1. The maximum Gasteiger partial charge on any atom is 0.255 e. The van der Waals surface area contributed by atoms with Crippen molar-refractivity contribution in [3.05, 3.63) is 51.2 Å². The molecule has 0 saturated carbocycles. The predicted octanol–water partition coefficient (Wildman–Crippen LogP) is 3.44. The number of ether oxygens (including phenoxy) is 1. The number of hydrogen-bond donors (Lipinski definition) is 1. The van der Waals surface area contributed by atoms with Crippen LogP contribution in [0, 0.1) is 0 Å². The zero-order valence-corrected chi connectivity index (χ0v) is 14.4. The largest absolute Gasteiger partial charge is 0.496 e. The highest BCUT2D eigenvalue weighted by atomic mass is 35.5. The molecule has 0 aliphatic carbocycles. The van der Waals surface area contributed by atoms with E-state index in [0.717, 1.165) is 0 Å². The van der Waals surface area contributed by atoms with E-state index >= 15 is 0 Å². The maximum atomic E-state index is 12.4. The van der Waals surface area contributed by atoms with Gasteiger partial charge >= 0.3 is 0 Å². The van der Waals surface area contributed by atoms with Crippen molar-refractivity contribution in [2.45, 2.75) is 6.04 Å². The van der Waals surface area contributed by atoms with E-state index in [4.69, 9.17) is 16.3 Å². The number of rotatable bonds is 6. The first-order chi connectivity index (χ1) is 10.5. The maximum absolute atomic E-state index is 12.4. The summed E-state index contributed by atoms with van der Waals surface area (Å²) in [5.74, 6) is 0.321. The fraction of sp³-hybridized carbons (Fsp3) is 0.312. The zero-order valence-electron chi connectivity index (χ0n) is 12.8. The van der Waals surface area contributed by atoms with Crippen LogP contribution in [0.3, 0.4) is 0 Å². The first kappa shape index (κ1) is 16.8. The molecule has 0 saturated heterocycles. The van der Waals surface area contributed by atoms with Crippen LogP contribution in [0.15, 0.2) is 35.7 Å². The molecule has 0 aliphatic rings. The average molecular weight is 339 g/mol. The van der Waals surface area contributed by atoms with Gasteiger partial charge in [-0.25, -0.2) is 0 Å². The summed E-state index contributed by atoms with van der Waals surface area (Å²) >= 11 is 7.65. The lowest BCUT2D eigenvalue weighted by molar-refractivity contribution is 0.0939. The van der Waals surface area contributed by atoms with E-state index in [9.17, 15) is 4.79 Å². The lowest BCUT2D eigenvalue weighted by Gasteiger charge is -2.23. The Morgan fingerprint density at radius 1 is 1.41 bits per heavy atom. The number of hydrogen-bond acceptors (Lipinski definition) is 4. The highest BCUT2D eigenvalue weighted by molar-refractivity contribution is 7.10. The molecule has 1 atom stereocenters. The summed E-state index contributed by atoms with van der Waals surface area (Å²) in [6.45, 7) is 0.516. The van der Waals surface area contributed by atoms with Gasteiger partial charge in [-0.05, 0) is 43.7 Å². The summed E-state index contributed by atoms with van der Waals surface area (Å²) in [6.07, 6.45) is 0. The molecule has 4 nitrogen and oxygen atoms in total. The Bertz CT molecular complexity index is 629. The van der Waals surface area contributed by atoms with Gasteiger partial charge in [-0.1, -0.05) is 17.7 Å². The van der Waals surface area contributed by atoms with Crippen molar-refractivity contribution in [3.63, 3.8) is 0 Å². The first-order valence-corrected chi connectivity index (χ1v) is 8.10. The summed E-state index contributed by atoms with van der Waals surface area (Å²) in [6, 6.07) is 9.23. The van der Waals surface area contributed by atoms with Crippen LogP contribution in [0.4, 0.5) is 0 Å². The van der Waals surface area contributed by atoms with Gasteiger partial charge in [0.25, 0.3) is 5.91 Å². The van der Waals surface area contributed by atoms with Gasteiger partial charge in [0.05, 0.1) is 18.7 Å². The fourth-order valence-electron chi connectivity index (χ4n) is 2.16. The second kappa shape index (κ2) is 7.63. The zero-order chi connectivity index (χ0) is 16.1. The van der Waals surface area contributed by atoms with Crippen molar-refractivity contribution < 1.29 is 9.53 Å². The van der Waals surface area contributed by atoms with E-state index < -0.39 is 0 Å². The molecule has 0 unspecified atom stereocenters. The molecule has 0 fully saturated rings. The molecule has 1 heterocycles. The second-order valence-electron chi connectivity index (χ2n) is 5.05. The topological polar surface area (TPSA) is 41.6 Å². The molecule has 118 valence electrons. The summed E-state index contributed by atoms with van der Waals surface area (Å²) < 4.78 is 5.22. The SMILES string of the molecule is COc1ccc(Cl)cc1C(=O)NC[C@H](c1cccs1)N(C)C. The van der Waals surface area contributed by atoms with Gasteiger partial charge in [0.1, 0.15) is 5.75 Å². The normalized spacial score (nSPS) is 12.2. The number of methoxy groups -OCH3 is 1. The molecule has 1 aromatic carbocycles. The Labute approximate surface area is 139 Å². The van der Waals surface area contributed by atoms with Gasteiger partial charge in [0.15, 0.2) is 0 Å². The summed E-state index contributed by atoms with van der Waals surface area (Å²) in [5, 5.41) is 5.50. The van der Waals surface area contributed by atoms with Crippen molar-refractivity contribution >= 4 is 28.8 Å². The van der Waals surface area contributed by atoms with Crippen LogP contribution in [0.2, 0.25) is 5.02 Å². The molecular formula is C16H19ClN2O2S. The van der Waals surface area contributed by atoms with Gasteiger partial charge in [-0.3, -0.25) is 4.79 Å². The average Bonchev–Trinajstić information content (AvgIpc) is 3.01. The van der Waals surface area contributed by atoms with Crippen LogP contribution in [-0.4, -0.2) is 38.6 Å². The summed E-state index contributed by atoms with van der Waals surface area (Å²) in [7, 11) is 5.53. The van der Waals surface area contributed by atoms with Crippen molar-refractivity contribution in [1.82, 2.24) is 10.2 Å². The second-order valence-corrected chi connectivity index (χ2v) is 6.47. The van der Waals surface area contributed by atoms with E-state index in [1.165, 1.54) is 12.0 Å². The molecule has 0 spiro atoms. The van der Waals surface area contributed by atoms with Crippen LogP contribution in [0.25, 0.3) is 0 Å². The van der Waals surface area contributed by atoms with Crippen molar-refractivity contribution in [3.8, 4) is 5.75 Å². The quantitative estimate of drug-likeness (QED) is 0.877. The number of thiophene rings is 1. The molecule has 2 rings (SSSR count). The van der Waals surface area contributed by atoms with Crippen LogP contribution >= 0.6 is 22.9 Å². The lowest BCUT2D eigenvalue weighted by atomic mass is 10.1. The van der Waals surface area contributed by atoms with Gasteiger partial charge in [0.2, 0.25) is 0 Å². The lowest BCUT2D eigenvalue weighted by Crippen LogP contribution is -2.34. The molecule has 0 aliphatic heterocycles. The van der Waals surface area contributed by atoms with E-state index in [0.29, 0.717) is 22.9 Å². The molecule has 6 heteroatoms. The van der Waals surface area contributed by atoms with Crippen molar-refractivity contribution in [2.75, 3.05) is 27.7 Å². The molecule has 1 aromatic heterocycles. The highest BCUT2D eigenvalue weighted by Gasteiger charge is 2.18. The van der Waals surface area contributed by atoms with Crippen molar-refractivity contribution in [1.29, 1.82) is 0 Å². The number of benzene rings is 1. The van der Waals surface area contributed by atoms with Crippen molar-refractivity contribution in [2.24, 2.45) is 0 Å². The molecule has 2 aromatic rings. The first-order valence-electron chi connectivity index (χ1n) is 6.84. The minimum atomic E-state index is -0.192. The van der Waals surface area contributed by atoms with E-state index in [1.807, 2.05) is 25.5 Å². The fourth-order valence-corrected chi connectivity index (χ4v) is 3.26. The third-order valence-electron chi connectivity index (χ3n) is 3.36. The van der Waals surface area contributed by atoms with Crippen LogP contribution in [0.1, 0.15) is 21.3 Å². The monoisotopic (exact) mass is 338 g/mol. The number of carbonyl (C=O) groups excluding carboxylic acids is 1. The third-order valence-corrected chi connectivity index (χ3v) is 4.57. The van der Waals surface area contributed by atoms with Crippen LogP contribution in [-0.2, 0) is 0 Å². The Morgan fingerprint density at radius 2 is 2.18 bits per heavy atom. The number of likely N-dealkylation sites (N-methyl/N-ethyl adjacent to an activating group) is 1. The molecule has 0 bridgehead atoms. The van der Waals surface area contributed by atoms with Gasteiger partial charge in [-0.2, -0.15) is 0 Å². The summed E-state index contributed by atoms with van der Waals surface area (Å²) in [5.41, 5.74) is 0.443.